The molecule has 0 radical (unpaired) electrons. The summed E-state index contributed by atoms with van der Waals surface area (Å²) in [7, 11) is 1.35. The lowest BCUT2D eigenvalue weighted by molar-refractivity contribution is 0.0597. The van der Waals surface area contributed by atoms with Crippen LogP contribution in [-0.2, 0) is 4.74 Å². The van der Waals surface area contributed by atoms with Crippen molar-refractivity contribution < 1.29 is 14.3 Å². The second-order valence-corrected chi connectivity index (χ2v) is 3.35. The Morgan fingerprint density at radius 1 is 1.43 bits per heavy atom. The highest BCUT2D eigenvalue weighted by Crippen LogP contribution is 2.19. The van der Waals surface area contributed by atoms with E-state index < -0.39 is 0 Å². The summed E-state index contributed by atoms with van der Waals surface area (Å²) < 4.78 is 10.0. The maximum Gasteiger partial charge on any atom is 0.341 e. The van der Waals surface area contributed by atoms with Crippen LogP contribution in [0.2, 0.25) is 0 Å². The van der Waals surface area contributed by atoms with E-state index in [9.17, 15) is 4.79 Å². The van der Waals surface area contributed by atoms with E-state index in [1.165, 1.54) is 7.11 Å². The van der Waals surface area contributed by atoms with Gasteiger partial charge in [0.2, 0.25) is 0 Å². The van der Waals surface area contributed by atoms with Gasteiger partial charge in [-0.05, 0) is 18.4 Å². The van der Waals surface area contributed by atoms with Gasteiger partial charge in [-0.3, -0.25) is 0 Å². The smallest absolute Gasteiger partial charge is 0.341 e. The fourth-order valence-electron chi connectivity index (χ4n) is 0.994. The average Bonchev–Trinajstić information content (AvgIpc) is 2.25. The highest BCUT2D eigenvalue weighted by Gasteiger charge is 2.11. The molecule has 0 heterocycles. The summed E-state index contributed by atoms with van der Waals surface area (Å²) in [5.41, 5.74) is 0.462. The Hall–Kier alpha value is -1.16. The van der Waals surface area contributed by atoms with Crippen LogP contribution in [0.5, 0.6) is 5.75 Å². The maximum absolute atomic E-state index is 11.3. The van der Waals surface area contributed by atoms with Crippen LogP contribution < -0.4 is 4.74 Å². The molecule has 0 fully saturated rings. The van der Waals surface area contributed by atoms with Crippen LogP contribution in [0.1, 0.15) is 10.4 Å². The molecule has 1 aromatic carbocycles. The van der Waals surface area contributed by atoms with E-state index in [2.05, 4.69) is 4.74 Å². The molecule has 0 aromatic heterocycles. The Morgan fingerprint density at radius 3 is 2.79 bits per heavy atom. The van der Waals surface area contributed by atoms with Crippen LogP contribution in [0.3, 0.4) is 0 Å². The lowest BCUT2D eigenvalue weighted by Crippen LogP contribution is -2.05. The summed E-state index contributed by atoms with van der Waals surface area (Å²) >= 11 is 1.55. The first kappa shape index (κ1) is 10.9. The number of esters is 1. The minimum atomic E-state index is -0.373. The molecule has 0 N–H and O–H groups in total. The molecule has 1 aromatic rings. The van der Waals surface area contributed by atoms with Crippen molar-refractivity contribution in [3.8, 4) is 5.75 Å². The topological polar surface area (TPSA) is 35.5 Å². The number of carbonyl (C=O) groups is 1. The summed E-state index contributed by atoms with van der Waals surface area (Å²) in [6, 6.07) is 7.03. The monoisotopic (exact) mass is 212 g/mol. The van der Waals surface area contributed by atoms with E-state index in [0.717, 1.165) is 0 Å². The van der Waals surface area contributed by atoms with Gasteiger partial charge in [-0.15, -0.1) is 11.8 Å². The molecule has 0 aliphatic rings. The number of methoxy groups -OCH3 is 1. The van der Waals surface area contributed by atoms with Crippen molar-refractivity contribution in [2.45, 2.75) is 0 Å². The zero-order valence-electron chi connectivity index (χ0n) is 8.15. The van der Waals surface area contributed by atoms with Crippen LogP contribution in [0.25, 0.3) is 0 Å². The lowest BCUT2D eigenvalue weighted by atomic mass is 10.2. The van der Waals surface area contributed by atoms with Gasteiger partial charge in [-0.25, -0.2) is 4.79 Å². The van der Waals surface area contributed by atoms with E-state index in [1.807, 2.05) is 12.3 Å². The van der Waals surface area contributed by atoms with Gasteiger partial charge < -0.3 is 9.47 Å². The van der Waals surface area contributed by atoms with Crippen molar-refractivity contribution in [2.75, 3.05) is 19.3 Å². The van der Waals surface area contributed by atoms with E-state index >= 15 is 0 Å². The summed E-state index contributed by atoms with van der Waals surface area (Å²) in [5.74, 6) is 0.712. The third-order valence-corrected chi connectivity index (χ3v) is 1.98. The molecule has 0 amide bonds. The van der Waals surface area contributed by atoms with Gasteiger partial charge in [0.15, 0.2) is 0 Å². The highest BCUT2D eigenvalue weighted by atomic mass is 32.2. The van der Waals surface area contributed by atoms with Crippen molar-refractivity contribution in [3.63, 3.8) is 0 Å². The van der Waals surface area contributed by atoms with Crippen LogP contribution in [0.4, 0.5) is 0 Å². The highest BCUT2D eigenvalue weighted by molar-refractivity contribution is 7.98. The van der Waals surface area contributed by atoms with Crippen LogP contribution in [0, 0.1) is 0 Å². The number of para-hydroxylation sites is 1. The third-order valence-electron chi connectivity index (χ3n) is 1.62. The number of hydrogen-bond acceptors (Lipinski definition) is 4. The molecule has 0 aliphatic heterocycles. The third kappa shape index (κ3) is 2.67. The molecule has 14 heavy (non-hydrogen) atoms. The van der Waals surface area contributed by atoms with Gasteiger partial charge in [0.25, 0.3) is 0 Å². The van der Waals surface area contributed by atoms with Gasteiger partial charge in [-0.1, -0.05) is 12.1 Å². The molecule has 0 saturated heterocycles. The summed E-state index contributed by atoms with van der Waals surface area (Å²) in [4.78, 5) is 11.3. The Morgan fingerprint density at radius 2 is 2.14 bits per heavy atom. The van der Waals surface area contributed by atoms with Crippen molar-refractivity contribution >= 4 is 17.7 Å². The van der Waals surface area contributed by atoms with Gasteiger partial charge in [0.05, 0.1) is 7.11 Å². The van der Waals surface area contributed by atoms with E-state index in [1.54, 1.807) is 30.0 Å². The van der Waals surface area contributed by atoms with Crippen LogP contribution in [-0.4, -0.2) is 25.3 Å². The molecular weight excluding hydrogens is 200 g/mol. The Kier molecular flexibility index (Phi) is 4.32. The molecule has 0 atom stereocenters. The Balaban J connectivity index is 2.85. The number of benzene rings is 1. The fourth-order valence-corrected chi connectivity index (χ4v) is 1.24. The first-order valence-electron chi connectivity index (χ1n) is 4.08. The summed E-state index contributed by atoms with van der Waals surface area (Å²) in [6.45, 7) is 0. The van der Waals surface area contributed by atoms with Gasteiger partial charge in [0.1, 0.15) is 17.3 Å². The predicted molar refractivity (Wildman–Crippen MR) is 56.8 cm³/mol. The maximum atomic E-state index is 11.3. The first-order valence-corrected chi connectivity index (χ1v) is 5.48. The summed E-state index contributed by atoms with van der Waals surface area (Å²) in [5, 5.41) is 0. The van der Waals surface area contributed by atoms with Crippen molar-refractivity contribution in [3.05, 3.63) is 29.8 Å². The molecule has 0 aliphatic carbocycles. The Bertz CT molecular complexity index is 312. The second kappa shape index (κ2) is 5.54. The zero-order chi connectivity index (χ0) is 10.4. The second-order valence-electron chi connectivity index (χ2n) is 2.54. The first-order chi connectivity index (χ1) is 6.79. The standard InChI is InChI=1S/C10H12O3S/c1-12-10(11)8-5-3-4-6-9(8)13-7-14-2/h3-6H,7H2,1-2H3. The molecule has 0 bridgehead atoms. The largest absolute Gasteiger partial charge is 0.482 e. The quantitative estimate of drug-likeness (QED) is 0.566. The molecule has 0 saturated carbocycles. The van der Waals surface area contributed by atoms with Crippen LogP contribution in [0.15, 0.2) is 24.3 Å². The van der Waals surface area contributed by atoms with E-state index in [-0.39, 0.29) is 5.97 Å². The number of hydrogen-bond donors (Lipinski definition) is 0. The van der Waals surface area contributed by atoms with Crippen molar-refractivity contribution in [1.82, 2.24) is 0 Å². The normalized spacial score (nSPS) is 9.57. The minimum Gasteiger partial charge on any atom is -0.482 e. The number of carbonyl (C=O) groups excluding carboxylic acids is 1. The summed E-state index contributed by atoms with van der Waals surface area (Å²) in [6.07, 6.45) is 1.93. The van der Waals surface area contributed by atoms with Crippen LogP contribution >= 0.6 is 11.8 Å². The SMILES string of the molecule is COC(=O)c1ccccc1OCSC. The van der Waals surface area contributed by atoms with Gasteiger partial charge >= 0.3 is 5.97 Å². The fraction of sp³-hybridized carbons (Fsp3) is 0.300. The number of thioether (sulfide) groups is 1. The predicted octanol–water partition coefficient (Wildman–Crippen LogP) is 2.17. The van der Waals surface area contributed by atoms with Crippen molar-refractivity contribution in [1.29, 1.82) is 0 Å². The molecule has 0 spiro atoms. The van der Waals surface area contributed by atoms with Gasteiger partial charge in [-0.2, -0.15) is 0 Å². The zero-order valence-corrected chi connectivity index (χ0v) is 8.97. The van der Waals surface area contributed by atoms with E-state index in [0.29, 0.717) is 17.3 Å². The van der Waals surface area contributed by atoms with E-state index in [4.69, 9.17) is 4.74 Å². The molecule has 1 rings (SSSR count). The molecule has 3 nitrogen and oxygen atoms in total. The molecule has 4 heteroatoms. The minimum absolute atomic E-state index is 0.373. The molecular formula is C10H12O3S. The number of rotatable bonds is 4. The molecule has 0 unspecified atom stereocenters. The van der Waals surface area contributed by atoms with Gasteiger partial charge in [0, 0.05) is 0 Å². The Labute approximate surface area is 87.4 Å². The molecule has 76 valence electrons. The number of ether oxygens (including phenoxy) is 2. The average molecular weight is 212 g/mol. The van der Waals surface area contributed by atoms with Crippen molar-refractivity contribution in [2.24, 2.45) is 0 Å². The lowest BCUT2D eigenvalue weighted by Gasteiger charge is -2.08.